The van der Waals surface area contributed by atoms with Crippen molar-refractivity contribution in [2.24, 2.45) is 10.2 Å². The molecule has 4 nitrogen and oxygen atoms in total. The quantitative estimate of drug-likeness (QED) is 0.572. The van der Waals surface area contributed by atoms with Gasteiger partial charge in [0.25, 0.3) is 0 Å². The molecule has 0 atom stereocenters. The van der Waals surface area contributed by atoms with E-state index in [4.69, 9.17) is 11.6 Å². The van der Waals surface area contributed by atoms with Gasteiger partial charge in [0, 0.05) is 9.86 Å². The van der Waals surface area contributed by atoms with Gasteiger partial charge in [-0.25, -0.2) is 0 Å². The van der Waals surface area contributed by atoms with E-state index in [0.29, 0.717) is 16.4 Å². The number of fused-ring (bicyclic) bond motifs is 1. The van der Waals surface area contributed by atoms with Crippen LogP contribution < -0.4 is 0 Å². The molecular formula is C14H9BrClN3O. The molecule has 0 aliphatic carbocycles. The molecule has 0 radical (unpaired) electrons. The second kappa shape index (κ2) is 5.26. The maximum Gasteiger partial charge on any atom is 0.218 e. The second-order valence-electron chi connectivity index (χ2n) is 4.16. The normalized spacial score (nSPS) is 11.5. The molecular weight excluding hydrogens is 342 g/mol. The average Bonchev–Trinajstić information content (AvgIpc) is 2.73. The van der Waals surface area contributed by atoms with Crippen LogP contribution in [0.5, 0.6) is 5.88 Å². The number of azo groups is 1. The summed E-state index contributed by atoms with van der Waals surface area (Å²) in [5.41, 5.74) is 1.73. The van der Waals surface area contributed by atoms with Crippen molar-refractivity contribution in [1.29, 1.82) is 0 Å². The number of nitrogens with zero attached hydrogens (tertiary/aromatic N) is 2. The van der Waals surface area contributed by atoms with E-state index in [1.807, 2.05) is 30.3 Å². The summed E-state index contributed by atoms with van der Waals surface area (Å²) in [4.78, 5) is 2.85. The fraction of sp³-hybridized carbons (Fsp3) is 0. The first-order valence-electron chi connectivity index (χ1n) is 5.81. The molecule has 0 saturated carbocycles. The molecule has 2 aromatic carbocycles. The predicted octanol–water partition coefficient (Wildman–Crippen LogP) is 5.70. The van der Waals surface area contributed by atoms with Gasteiger partial charge in [0.2, 0.25) is 5.88 Å². The average molecular weight is 351 g/mol. The SMILES string of the molecule is Oc1[nH]c2ccc(Br)cc2c1N=Nc1ccccc1Cl. The highest BCUT2D eigenvalue weighted by atomic mass is 79.9. The highest BCUT2D eigenvalue weighted by Crippen LogP contribution is 2.38. The minimum absolute atomic E-state index is 0.0195. The Morgan fingerprint density at radius 1 is 1.10 bits per heavy atom. The summed E-state index contributed by atoms with van der Waals surface area (Å²) in [5.74, 6) is -0.0195. The highest BCUT2D eigenvalue weighted by Gasteiger charge is 2.10. The summed E-state index contributed by atoms with van der Waals surface area (Å²) in [7, 11) is 0. The summed E-state index contributed by atoms with van der Waals surface area (Å²) in [6.45, 7) is 0. The highest BCUT2D eigenvalue weighted by molar-refractivity contribution is 9.10. The van der Waals surface area contributed by atoms with Crippen LogP contribution in [-0.4, -0.2) is 10.1 Å². The third-order valence-electron chi connectivity index (χ3n) is 2.82. The maximum absolute atomic E-state index is 9.92. The Kier molecular flexibility index (Phi) is 3.46. The van der Waals surface area contributed by atoms with E-state index in [1.165, 1.54) is 0 Å². The topological polar surface area (TPSA) is 60.7 Å². The van der Waals surface area contributed by atoms with Crippen molar-refractivity contribution in [1.82, 2.24) is 4.98 Å². The number of rotatable bonds is 2. The van der Waals surface area contributed by atoms with Gasteiger partial charge in [-0.3, -0.25) is 0 Å². The van der Waals surface area contributed by atoms with Crippen LogP contribution >= 0.6 is 27.5 Å². The zero-order valence-electron chi connectivity index (χ0n) is 10.1. The van der Waals surface area contributed by atoms with Crippen molar-refractivity contribution in [2.75, 3.05) is 0 Å². The van der Waals surface area contributed by atoms with Gasteiger partial charge in [-0.05, 0) is 30.3 Å². The van der Waals surface area contributed by atoms with Crippen molar-refractivity contribution >= 4 is 49.8 Å². The number of benzene rings is 2. The Morgan fingerprint density at radius 2 is 1.90 bits per heavy atom. The largest absolute Gasteiger partial charge is 0.493 e. The summed E-state index contributed by atoms with van der Waals surface area (Å²) < 4.78 is 0.901. The fourth-order valence-electron chi connectivity index (χ4n) is 1.87. The molecule has 0 aliphatic heterocycles. The summed E-state index contributed by atoms with van der Waals surface area (Å²) in [5, 5.41) is 19.4. The van der Waals surface area contributed by atoms with Crippen molar-refractivity contribution in [3.63, 3.8) is 0 Å². The molecule has 3 aromatic rings. The van der Waals surface area contributed by atoms with Gasteiger partial charge in [0.05, 0.1) is 10.5 Å². The Bertz CT molecular complexity index is 813. The molecule has 2 N–H and O–H groups in total. The lowest BCUT2D eigenvalue weighted by molar-refractivity contribution is 0.459. The molecule has 0 saturated heterocycles. The van der Waals surface area contributed by atoms with Crippen LogP contribution in [0.2, 0.25) is 5.02 Å². The van der Waals surface area contributed by atoms with Crippen LogP contribution in [0.3, 0.4) is 0 Å². The Balaban J connectivity index is 2.09. The number of nitrogens with one attached hydrogen (secondary N) is 1. The van der Waals surface area contributed by atoms with Gasteiger partial charge < -0.3 is 10.1 Å². The van der Waals surface area contributed by atoms with E-state index in [9.17, 15) is 5.11 Å². The lowest BCUT2D eigenvalue weighted by Gasteiger charge is -1.96. The zero-order valence-corrected chi connectivity index (χ0v) is 12.5. The summed E-state index contributed by atoms with van der Waals surface area (Å²) in [6.07, 6.45) is 0. The first-order chi connectivity index (χ1) is 9.65. The first kappa shape index (κ1) is 13.1. The van der Waals surface area contributed by atoms with Gasteiger partial charge in [0.15, 0.2) is 5.69 Å². The van der Waals surface area contributed by atoms with Gasteiger partial charge in [-0.15, -0.1) is 10.2 Å². The van der Waals surface area contributed by atoms with Gasteiger partial charge in [-0.2, -0.15) is 0 Å². The van der Waals surface area contributed by atoms with Crippen LogP contribution in [0, 0.1) is 0 Å². The molecule has 0 aliphatic rings. The smallest absolute Gasteiger partial charge is 0.218 e. The van der Waals surface area contributed by atoms with E-state index < -0.39 is 0 Å². The Morgan fingerprint density at radius 3 is 2.70 bits per heavy atom. The lowest BCUT2D eigenvalue weighted by atomic mass is 10.2. The molecule has 0 spiro atoms. The minimum atomic E-state index is -0.0195. The molecule has 1 aromatic heterocycles. The van der Waals surface area contributed by atoms with Crippen molar-refractivity contribution in [3.8, 4) is 5.88 Å². The fourth-order valence-corrected chi connectivity index (χ4v) is 2.41. The van der Waals surface area contributed by atoms with Crippen LogP contribution in [0.4, 0.5) is 11.4 Å². The number of aromatic hydroxyl groups is 1. The molecule has 3 rings (SSSR count). The number of H-pyrrole nitrogens is 1. The maximum atomic E-state index is 9.92. The monoisotopic (exact) mass is 349 g/mol. The molecule has 100 valence electrons. The van der Waals surface area contributed by atoms with Crippen LogP contribution in [0.1, 0.15) is 0 Å². The molecule has 1 heterocycles. The van der Waals surface area contributed by atoms with E-state index in [-0.39, 0.29) is 5.88 Å². The third-order valence-corrected chi connectivity index (χ3v) is 3.64. The van der Waals surface area contributed by atoms with Crippen LogP contribution in [-0.2, 0) is 0 Å². The number of aromatic nitrogens is 1. The standard InChI is InChI=1S/C14H9BrClN3O/c15-8-5-6-11-9(7-8)13(14(20)17-11)19-18-12-4-2-1-3-10(12)16/h1-7,17,20H. The number of aromatic amines is 1. The molecule has 20 heavy (non-hydrogen) atoms. The van der Waals surface area contributed by atoms with E-state index in [1.54, 1.807) is 12.1 Å². The molecule has 0 unspecified atom stereocenters. The van der Waals surface area contributed by atoms with Crippen molar-refractivity contribution < 1.29 is 5.11 Å². The molecule has 6 heteroatoms. The molecule has 0 bridgehead atoms. The first-order valence-corrected chi connectivity index (χ1v) is 6.99. The van der Waals surface area contributed by atoms with Crippen LogP contribution in [0.25, 0.3) is 10.9 Å². The number of hydrogen-bond acceptors (Lipinski definition) is 3. The van der Waals surface area contributed by atoms with Crippen molar-refractivity contribution in [3.05, 3.63) is 52.0 Å². The lowest BCUT2D eigenvalue weighted by Crippen LogP contribution is -1.68. The van der Waals surface area contributed by atoms with Gasteiger partial charge in [-0.1, -0.05) is 39.7 Å². The number of halogens is 2. The van der Waals surface area contributed by atoms with Gasteiger partial charge in [0.1, 0.15) is 5.69 Å². The second-order valence-corrected chi connectivity index (χ2v) is 5.49. The number of hydrogen-bond donors (Lipinski definition) is 2. The van der Waals surface area contributed by atoms with Crippen LogP contribution in [0.15, 0.2) is 57.2 Å². The predicted molar refractivity (Wildman–Crippen MR) is 83.3 cm³/mol. The Labute approximate surface area is 128 Å². The zero-order chi connectivity index (χ0) is 14.1. The van der Waals surface area contributed by atoms with Crippen molar-refractivity contribution in [2.45, 2.75) is 0 Å². The molecule has 0 amide bonds. The Hall–Kier alpha value is -1.85. The van der Waals surface area contributed by atoms with E-state index in [0.717, 1.165) is 15.4 Å². The van der Waals surface area contributed by atoms with E-state index >= 15 is 0 Å². The minimum Gasteiger partial charge on any atom is -0.493 e. The summed E-state index contributed by atoms with van der Waals surface area (Å²) in [6, 6.07) is 12.7. The van der Waals surface area contributed by atoms with Gasteiger partial charge >= 0.3 is 0 Å². The molecule has 0 fully saturated rings. The summed E-state index contributed by atoms with van der Waals surface area (Å²) >= 11 is 9.41. The third kappa shape index (κ3) is 2.42. The van der Waals surface area contributed by atoms with E-state index in [2.05, 4.69) is 31.1 Å².